The summed E-state index contributed by atoms with van der Waals surface area (Å²) >= 11 is 0. The summed E-state index contributed by atoms with van der Waals surface area (Å²) in [4.78, 5) is 26.9. The molecule has 7 nitrogen and oxygen atoms in total. The standard InChI is InChI=1S/C21H22N2O5/c1-26-13-16-15-5-2-3-6-17(15)28-19(16)20(24)22-14-8-10-23(11-9-14)21(25)18-7-4-12-27-18/h2-7,12,14H,8-11,13H2,1H3,(H,22,24). The van der Waals surface area contributed by atoms with Gasteiger partial charge in [0.25, 0.3) is 11.8 Å². The predicted molar refractivity (Wildman–Crippen MR) is 102 cm³/mol. The highest BCUT2D eigenvalue weighted by molar-refractivity contribution is 5.99. The first kappa shape index (κ1) is 18.3. The highest BCUT2D eigenvalue weighted by atomic mass is 16.5. The van der Waals surface area contributed by atoms with Crippen LogP contribution in [0.1, 0.15) is 39.5 Å². The first-order valence-electron chi connectivity index (χ1n) is 9.30. The Balaban J connectivity index is 1.42. The Morgan fingerprint density at radius 3 is 2.68 bits per heavy atom. The molecule has 1 aliphatic heterocycles. The summed E-state index contributed by atoms with van der Waals surface area (Å²) in [5, 5.41) is 3.92. The summed E-state index contributed by atoms with van der Waals surface area (Å²) in [6.07, 6.45) is 2.85. The van der Waals surface area contributed by atoms with Crippen molar-refractivity contribution in [3.05, 3.63) is 59.7 Å². The zero-order valence-electron chi connectivity index (χ0n) is 15.6. The van der Waals surface area contributed by atoms with E-state index in [1.54, 1.807) is 24.1 Å². The number of nitrogens with one attached hydrogen (secondary N) is 1. The average Bonchev–Trinajstić information content (AvgIpc) is 3.37. The second-order valence-electron chi connectivity index (χ2n) is 6.86. The van der Waals surface area contributed by atoms with Gasteiger partial charge in [-0.1, -0.05) is 18.2 Å². The third-order valence-corrected chi connectivity index (χ3v) is 5.04. The molecule has 3 heterocycles. The van der Waals surface area contributed by atoms with E-state index >= 15 is 0 Å². The molecule has 1 N–H and O–H groups in total. The number of piperidine rings is 1. The van der Waals surface area contributed by atoms with Gasteiger partial charge in [0.15, 0.2) is 11.5 Å². The third-order valence-electron chi connectivity index (χ3n) is 5.04. The van der Waals surface area contributed by atoms with Crippen molar-refractivity contribution >= 4 is 22.8 Å². The summed E-state index contributed by atoms with van der Waals surface area (Å²) in [6.45, 7) is 1.43. The molecule has 146 valence electrons. The summed E-state index contributed by atoms with van der Waals surface area (Å²) in [5.74, 6) is 0.264. The largest absolute Gasteiger partial charge is 0.459 e. The lowest BCUT2D eigenvalue weighted by Gasteiger charge is -2.31. The van der Waals surface area contributed by atoms with Crippen molar-refractivity contribution in [2.75, 3.05) is 20.2 Å². The Hall–Kier alpha value is -3.06. The highest BCUT2D eigenvalue weighted by Crippen LogP contribution is 2.27. The van der Waals surface area contributed by atoms with E-state index in [2.05, 4.69) is 5.32 Å². The number of carbonyl (C=O) groups is 2. The number of hydrogen-bond donors (Lipinski definition) is 1. The molecule has 2 aromatic heterocycles. The first-order valence-corrected chi connectivity index (χ1v) is 9.30. The molecular weight excluding hydrogens is 360 g/mol. The monoisotopic (exact) mass is 382 g/mol. The maximum absolute atomic E-state index is 12.8. The minimum Gasteiger partial charge on any atom is -0.459 e. The van der Waals surface area contributed by atoms with Gasteiger partial charge in [-0.3, -0.25) is 9.59 Å². The predicted octanol–water partition coefficient (Wildman–Crippen LogP) is 3.21. The second kappa shape index (κ2) is 7.90. The fraction of sp³-hybridized carbons (Fsp3) is 0.333. The third kappa shape index (κ3) is 3.53. The van der Waals surface area contributed by atoms with Crippen molar-refractivity contribution in [3.8, 4) is 0 Å². The second-order valence-corrected chi connectivity index (χ2v) is 6.86. The summed E-state index contributed by atoms with van der Waals surface area (Å²) in [7, 11) is 1.59. The number of rotatable bonds is 5. The SMILES string of the molecule is COCc1c(C(=O)NC2CCN(C(=O)c3ccco3)CC2)oc2ccccc12. The Morgan fingerprint density at radius 1 is 1.18 bits per heavy atom. The Kier molecular flexibility index (Phi) is 5.16. The van der Waals surface area contributed by atoms with Gasteiger partial charge in [-0.25, -0.2) is 0 Å². The molecular formula is C21H22N2O5. The zero-order valence-corrected chi connectivity index (χ0v) is 15.6. The summed E-state index contributed by atoms with van der Waals surface area (Å²) in [6, 6.07) is 10.9. The van der Waals surface area contributed by atoms with Crippen LogP contribution in [0.5, 0.6) is 0 Å². The number of amides is 2. The van der Waals surface area contributed by atoms with E-state index in [1.165, 1.54) is 6.26 Å². The van der Waals surface area contributed by atoms with Crippen LogP contribution < -0.4 is 5.32 Å². The zero-order chi connectivity index (χ0) is 19.5. The normalized spacial score (nSPS) is 15.1. The number of likely N-dealkylation sites (tertiary alicyclic amines) is 1. The first-order chi connectivity index (χ1) is 13.7. The fourth-order valence-electron chi connectivity index (χ4n) is 3.60. The lowest BCUT2D eigenvalue weighted by Crippen LogP contribution is -2.46. The van der Waals surface area contributed by atoms with Gasteiger partial charge in [-0.05, 0) is 31.0 Å². The molecule has 0 radical (unpaired) electrons. The van der Waals surface area contributed by atoms with Crippen molar-refractivity contribution in [2.45, 2.75) is 25.5 Å². The average molecular weight is 382 g/mol. The van der Waals surface area contributed by atoms with Crippen LogP contribution in [0.25, 0.3) is 11.0 Å². The van der Waals surface area contributed by atoms with E-state index in [-0.39, 0.29) is 23.6 Å². The molecule has 28 heavy (non-hydrogen) atoms. The van der Waals surface area contributed by atoms with E-state index in [0.717, 1.165) is 10.9 Å². The number of ether oxygens (including phenoxy) is 1. The highest BCUT2D eigenvalue weighted by Gasteiger charge is 2.28. The van der Waals surface area contributed by atoms with Crippen molar-refractivity contribution in [1.82, 2.24) is 10.2 Å². The fourth-order valence-corrected chi connectivity index (χ4v) is 3.60. The van der Waals surface area contributed by atoms with Gasteiger partial charge in [0, 0.05) is 37.2 Å². The number of hydrogen-bond acceptors (Lipinski definition) is 5. The van der Waals surface area contributed by atoms with Crippen LogP contribution in [0.15, 0.2) is 51.5 Å². The molecule has 0 spiro atoms. The molecule has 1 fully saturated rings. The molecule has 0 atom stereocenters. The number of benzene rings is 1. The molecule has 0 unspecified atom stereocenters. The van der Waals surface area contributed by atoms with E-state index in [0.29, 0.717) is 43.9 Å². The Morgan fingerprint density at radius 2 is 1.96 bits per heavy atom. The van der Waals surface area contributed by atoms with Gasteiger partial charge < -0.3 is 23.8 Å². The topological polar surface area (TPSA) is 84.9 Å². The number of para-hydroxylation sites is 1. The van der Waals surface area contributed by atoms with Crippen molar-refractivity contribution in [1.29, 1.82) is 0 Å². The van der Waals surface area contributed by atoms with Crippen LogP contribution >= 0.6 is 0 Å². The summed E-state index contributed by atoms with van der Waals surface area (Å²) < 4.78 is 16.2. The van der Waals surface area contributed by atoms with E-state index in [1.807, 2.05) is 24.3 Å². The van der Waals surface area contributed by atoms with Crippen molar-refractivity contribution < 1.29 is 23.2 Å². The molecule has 0 saturated carbocycles. The molecule has 1 aromatic carbocycles. The molecule has 0 aliphatic carbocycles. The van der Waals surface area contributed by atoms with Crippen LogP contribution in [-0.4, -0.2) is 43.0 Å². The maximum atomic E-state index is 12.8. The van der Waals surface area contributed by atoms with Gasteiger partial charge in [0.2, 0.25) is 0 Å². The van der Waals surface area contributed by atoms with E-state index in [4.69, 9.17) is 13.6 Å². The van der Waals surface area contributed by atoms with Crippen LogP contribution in [0.3, 0.4) is 0 Å². The lowest BCUT2D eigenvalue weighted by atomic mass is 10.0. The molecule has 1 saturated heterocycles. The van der Waals surface area contributed by atoms with Gasteiger partial charge >= 0.3 is 0 Å². The van der Waals surface area contributed by atoms with Crippen molar-refractivity contribution in [2.24, 2.45) is 0 Å². The Labute approximate surface area is 162 Å². The van der Waals surface area contributed by atoms with E-state index in [9.17, 15) is 9.59 Å². The van der Waals surface area contributed by atoms with Crippen LogP contribution in [-0.2, 0) is 11.3 Å². The van der Waals surface area contributed by atoms with Gasteiger partial charge in [0.1, 0.15) is 5.58 Å². The Bertz CT molecular complexity index is 968. The smallest absolute Gasteiger partial charge is 0.289 e. The molecule has 1 aliphatic rings. The van der Waals surface area contributed by atoms with Gasteiger partial charge in [0.05, 0.1) is 12.9 Å². The molecule has 0 bridgehead atoms. The summed E-state index contributed by atoms with van der Waals surface area (Å²) in [5.41, 5.74) is 1.42. The van der Waals surface area contributed by atoms with Crippen molar-refractivity contribution in [3.63, 3.8) is 0 Å². The molecule has 7 heteroatoms. The number of nitrogens with zero attached hydrogens (tertiary/aromatic N) is 1. The van der Waals surface area contributed by atoms with Gasteiger partial charge in [-0.15, -0.1) is 0 Å². The maximum Gasteiger partial charge on any atom is 0.289 e. The van der Waals surface area contributed by atoms with Gasteiger partial charge in [-0.2, -0.15) is 0 Å². The van der Waals surface area contributed by atoms with Crippen LogP contribution in [0, 0.1) is 0 Å². The minimum atomic E-state index is -0.251. The van der Waals surface area contributed by atoms with Crippen LogP contribution in [0.4, 0.5) is 0 Å². The number of furan rings is 2. The van der Waals surface area contributed by atoms with Crippen LogP contribution in [0.2, 0.25) is 0 Å². The molecule has 2 amide bonds. The number of carbonyl (C=O) groups excluding carboxylic acids is 2. The number of fused-ring (bicyclic) bond motifs is 1. The quantitative estimate of drug-likeness (QED) is 0.732. The van der Waals surface area contributed by atoms with E-state index < -0.39 is 0 Å². The lowest BCUT2D eigenvalue weighted by molar-refractivity contribution is 0.0665. The number of methoxy groups -OCH3 is 1. The molecule has 3 aromatic rings. The molecule has 4 rings (SSSR count). The minimum absolute atomic E-state index is 0.0169.